The lowest BCUT2D eigenvalue weighted by atomic mass is 10.0. The van der Waals surface area contributed by atoms with E-state index >= 15 is 0 Å². The summed E-state index contributed by atoms with van der Waals surface area (Å²) in [6.45, 7) is 5.40. The summed E-state index contributed by atoms with van der Waals surface area (Å²) in [7, 11) is 0. The lowest BCUT2D eigenvalue weighted by Crippen LogP contribution is -2.46. The summed E-state index contributed by atoms with van der Waals surface area (Å²) in [5.74, 6) is 0.830. The number of rotatable bonds is 8. The molecular formula is C25H25N7O2S. The van der Waals surface area contributed by atoms with Crippen LogP contribution < -0.4 is 10.6 Å². The highest BCUT2D eigenvalue weighted by Gasteiger charge is 2.28. The molecule has 1 saturated heterocycles. The predicted molar refractivity (Wildman–Crippen MR) is 131 cm³/mol. The molecule has 3 aromatic rings. The van der Waals surface area contributed by atoms with Crippen molar-refractivity contribution in [2.75, 3.05) is 31.1 Å². The minimum atomic E-state index is -0.708. The smallest absolute Gasteiger partial charge is 0.235 e. The molecule has 1 aliphatic rings. The van der Waals surface area contributed by atoms with Crippen molar-refractivity contribution in [2.24, 2.45) is 5.73 Å². The molecule has 1 aromatic carbocycles. The number of primary amides is 1. The zero-order valence-electron chi connectivity index (χ0n) is 19.3. The highest BCUT2D eigenvalue weighted by Crippen LogP contribution is 2.39. The van der Waals surface area contributed by atoms with Gasteiger partial charge in [-0.15, -0.1) is 0 Å². The summed E-state index contributed by atoms with van der Waals surface area (Å²) in [5.41, 5.74) is 7.85. The van der Waals surface area contributed by atoms with Crippen molar-refractivity contribution in [3.05, 3.63) is 70.9 Å². The average molecular weight is 488 g/mol. The van der Waals surface area contributed by atoms with Crippen LogP contribution in [0.5, 0.6) is 0 Å². The van der Waals surface area contributed by atoms with Gasteiger partial charge in [-0.25, -0.2) is 9.97 Å². The molecule has 1 aliphatic heterocycles. The van der Waals surface area contributed by atoms with Crippen LogP contribution >= 0.6 is 11.8 Å². The summed E-state index contributed by atoms with van der Waals surface area (Å²) in [6, 6.07) is 13.7. The van der Waals surface area contributed by atoms with Gasteiger partial charge < -0.3 is 15.1 Å². The topological polar surface area (TPSA) is 136 Å². The minimum absolute atomic E-state index is 0.323. The van der Waals surface area contributed by atoms with Crippen molar-refractivity contribution in [3.8, 4) is 12.1 Å². The summed E-state index contributed by atoms with van der Waals surface area (Å²) in [5, 5.41) is 19.7. The fourth-order valence-corrected chi connectivity index (χ4v) is 5.24. The number of benzene rings is 1. The van der Waals surface area contributed by atoms with Crippen LogP contribution in [0.3, 0.4) is 0 Å². The number of carbonyl (C=O) groups is 1. The van der Waals surface area contributed by atoms with E-state index in [9.17, 15) is 15.3 Å². The highest BCUT2D eigenvalue weighted by atomic mass is 32.2. The lowest BCUT2D eigenvalue weighted by molar-refractivity contribution is -0.117. The Labute approximate surface area is 208 Å². The summed E-state index contributed by atoms with van der Waals surface area (Å²) >= 11 is 1.16. The first-order valence-electron chi connectivity index (χ1n) is 11.3. The number of nitriles is 2. The van der Waals surface area contributed by atoms with E-state index in [-0.39, 0.29) is 0 Å². The van der Waals surface area contributed by atoms with Crippen LogP contribution in [0.2, 0.25) is 0 Å². The first-order valence-corrected chi connectivity index (χ1v) is 12.2. The standard InChI is InChI=1S/C25H25N7O2S/c1-2-19-20(12-26)24(32-10-8-31(9-11-32)15-18-14-29-16-34-18)30-25(21(19)13-27)35-22(23(28)33)17-6-4-3-5-7-17/h3-7,14,16,22H,2,8-11,15H2,1H3,(H2,28,33). The maximum absolute atomic E-state index is 12.3. The number of oxazole rings is 1. The van der Waals surface area contributed by atoms with E-state index in [1.807, 2.05) is 37.3 Å². The van der Waals surface area contributed by atoms with E-state index in [4.69, 9.17) is 15.1 Å². The number of nitrogens with zero attached hydrogens (tertiary/aromatic N) is 6. The van der Waals surface area contributed by atoms with Crippen LogP contribution in [-0.2, 0) is 17.8 Å². The molecule has 0 spiro atoms. The molecule has 10 heteroatoms. The third-order valence-electron chi connectivity index (χ3n) is 5.95. The van der Waals surface area contributed by atoms with Crippen LogP contribution in [0.15, 0.2) is 52.4 Å². The molecule has 0 saturated carbocycles. The van der Waals surface area contributed by atoms with Gasteiger partial charge in [0.1, 0.15) is 34.0 Å². The number of amides is 1. The van der Waals surface area contributed by atoms with Crippen molar-refractivity contribution in [1.82, 2.24) is 14.9 Å². The fraction of sp³-hybridized carbons (Fsp3) is 0.320. The van der Waals surface area contributed by atoms with Gasteiger partial charge in [0, 0.05) is 26.2 Å². The van der Waals surface area contributed by atoms with Gasteiger partial charge in [-0.05, 0) is 17.5 Å². The average Bonchev–Trinajstić information content (AvgIpc) is 3.40. The lowest BCUT2D eigenvalue weighted by Gasteiger charge is -2.35. The predicted octanol–water partition coefficient (Wildman–Crippen LogP) is 3.02. The molecule has 4 rings (SSSR count). The Morgan fingerprint density at radius 3 is 2.46 bits per heavy atom. The third-order valence-corrected chi connectivity index (χ3v) is 7.21. The van der Waals surface area contributed by atoms with Gasteiger partial charge >= 0.3 is 0 Å². The number of carbonyl (C=O) groups excluding carboxylic acids is 1. The molecule has 0 aliphatic carbocycles. The van der Waals surface area contributed by atoms with Crippen LogP contribution in [-0.4, -0.2) is 47.0 Å². The van der Waals surface area contributed by atoms with Gasteiger partial charge in [0.05, 0.1) is 23.9 Å². The Hall–Kier alpha value is -3.86. The molecule has 178 valence electrons. The molecule has 2 aromatic heterocycles. The van der Waals surface area contributed by atoms with E-state index < -0.39 is 11.2 Å². The van der Waals surface area contributed by atoms with Crippen molar-refractivity contribution < 1.29 is 9.21 Å². The highest BCUT2D eigenvalue weighted by molar-refractivity contribution is 8.00. The molecule has 0 radical (unpaired) electrons. The van der Waals surface area contributed by atoms with Crippen LogP contribution in [0.1, 0.15) is 40.2 Å². The Kier molecular flexibility index (Phi) is 7.66. The second kappa shape index (κ2) is 11.0. The zero-order valence-corrected chi connectivity index (χ0v) is 20.2. The molecule has 35 heavy (non-hydrogen) atoms. The number of piperazine rings is 1. The molecule has 9 nitrogen and oxygen atoms in total. The van der Waals surface area contributed by atoms with Crippen molar-refractivity contribution in [1.29, 1.82) is 10.5 Å². The molecule has 1 unspecified atom stereocenters. The number of nitrogens with two attached hydrogens (primary N) is 1. The maximum atomic E-state index is 12.3. The SMILES string of the molecule is CCc1c(C#N)c(SC(C(N)=O)c2ccccc2)nc(N2CCN(Cc3cnco3)CC2)c1C#N. The molecule has 3 heterocycles. The second-order valence-corrected chi connectivity index (χ2v) is 9.18. The second-order valence-electron chi connectivity index (χ2n) is 8.09. The summed E-state index contributed by atoms with van der Waals surface area (Å²) in [6.07, 6.45) is 3.62. The minimum Gasteiger partial charge on any atom is -0.447 e. The van der Waals surface area contributed by atoms with E-state index in [1.54, 1.807) is 6.20 Å². The number of aromatic nitrogens is 2. The number of pyridine rings is 1. The fourth-order valence-electron chi connectivity index (χ4n) is 4.19. The Bertz CT molecular complexity index is 1260. The van der Waals surface area contributed by atoms with Crippen molar-refractivity contribution in [3.63, 3.8) is 0 Å². The van der Waals surface area contributed by atoms with Crippen LogP contribution in [0.4, 0.5) is 5.82 Å². The van der Waals surface area contributed by atoms with Crippen molar-refractivity contribution >= 4 is 23.5 Å². The summed E-state index contributed by atoms with van der Waals surface area (Å²) < 4.78 is 5.36. The summed E-state index contributed by atoms with van der Waals surface area (Å²) in [4.78, 5) is 25.4. The largest absolute Gasteiger partial charge is 0.447 e. The molecular weight excluding hydrogens is 462 g/mol. The number of thioether (sulfide) groups is 1. The maximum Gasteiger partial charge on any atom is 0.235 e. The number of anilines is 1. The van der Waals surface area contributed by atoms with Gasteiger partial charge in [-0.2, -0.15) is 10.5 Å². The molecule has 1 fully saturated rings. The molecule has 2 N–H and O–H groups in total. The van der Waals surface area contributed by atoms with Crippen LogP contribution in [0, 0.1) is 22.7 Å². The Morgan fingerprint density at radius 2 is 1.89 bits per heavy atom. The normalized spacial score (nSPS) is 14.8. The van der Waals surface area contributed by atoms with Crippen LogP contribution in [0.25, 0.3) is 0 Å². The Morgan fingerprint density at radius 1 is 1.17 bits per heavy atom. The van der Waals surface area contributed by atoms with E-state index in [0.29, 0.717) is 53.6 Å². The molecule has 0 bridgehead atoms. The van der Waals surface area contributed by atoms with Gasteiger partial charge in [0.25, 0.3) is 0 Å². The van der Waals surface area contributed by atoms with E-state index in [2.05, 4.69) is 26.9 Å². The van der Waals surface area contributed by atoms with E-state index in [1.165, 1.54) is 6.39 Å². The molecule has 1 atom stereocenters. The zero-order chi connectivity index (χ0) is 24.8. The first kappa shape index (κ1) is 24.3. The monoisotopic (exact) mass is 487 g/mol. The van der Waals surface area contributed by atoms with Gasteiger partial charge in [-0.1, -0.05) is 49.0 Å². The van der Waals surface area contributed by atoms with Gasteiger partial charge in [-0.3, -0.25) is 9.69 Å². The Balaban J connectivity index is 1.66. The third kappa shape index (κ3) is 5.29. The first-order chi connectivity index (χ1) is 17.0. The number of hydrogen-bond acceptors (Lipinski definition) is 9. The van der Waals surface area contributed by atoms with Crippen molar-refractivity contribution in [2.45, 2.75) is 30.2 Å². The van der Waals surface area contributed by atoms with Gasteiger partial charge in [0.2, 0.25) is 5.91 Å². The van der Waals surface area contributed by atoms with Gasteiger partial charge in [0.15, 0.2) is 6.39 Å². The molecule has 1 amide bonds. The quantitative estimate of drug-likeness (QED) is 0.475. The van der Waals surface area contributed by atoms with E-state index in [0.717, 1.165) is 36.2 Å². The number of hydrogen-bond donors (Lipinski definition) is 1.